The molecule has 0 N–H and O–H groups in total. The van der Waals surface area contributed by atoms with Crippen LogP contribution in [0.4, 0.5) is 4.39 Å². The third kappa shape index (κ3) is 2.08. The van der Waals surface area contributed by atoms with Gasteiger partial charge >= 0.3 is 5.97 Å². The van der Waals surface area contributed by atoms with E-state index in [1.54, 1.807) is 12.1 Å². The molecule has 0 saturated heterocycles. The Balaban J connectivity index is 2.19. The molecule has 0 heterocycles. The van der Waals surface area contributed by atoms with E-state index in [1.807, 2.05) is 0 Å². The molecule has 0 aromatic heterocycles. The first-order valence-corrected chi connectivity index (χ1v) is 5.55. The zero-order chi connectivity index (χ0) is 11.5. The summed E-state index contributed by atoms with van der Waals surface area (Å²) in [7, 11) is 1.42. The van der Waals surface area contributed by atoms with E-state index in [0.717, 1.165) is 24.8 Å². The van der Waals surface area contributed by atoms with Crippen LogP contribution in [-0.2, 0) is 9.53 Å². The first-order valence-electron chi connectivity index (χ1n) is 5.55. The molecule has 1 aromatic rings. The molecular weight excluding hydrogens is 207 g/mol. The van der Waals surface area contributed by atoms with Crippen molar-refractivity contribution in [2.24, 2.45) is 5.92 Å². The Morgan fingerprint density at radius 2 is 2.00 bits per heavy atom. The van der Waals surface area contributed by atoms with Gasteiger partial charge in [-0.3, -0.25) is 4.79 Å². The van der Waals surface area contributed by atoms with Gasteiger partial charge in [0, 0.05) is 0 Å². The number of esters is 1. The van der Waals surface area contributed by atoms with Gasteiger partial charge < -0.3 is 4.74 Å². The van der Waals surface area contributed by atoms with Gasteiger partial charge in [0.15, 0.2) is 0 Å². The molecule has 1 saturated carbocycles. The van der Waals surface area contributed by atoms with Crippen molar-refractivity contribution in [2.45, 2.75) is 25.2 Å². The summed E-state index contributed by atoms with van der Waals surface area (Å²) in [6.07, 6.45) is 2.88. The molecule has 1 aliphatic rings. The molecule has 3 heteroatoms. The highest BCUT2D eigenvalue weighted by Crippen LogP contribution is 2.40. The van der Waals surface area contributed by atoms with Gasteiger partial charge in [-0.2, -0.15) is 0 Å². The molecule has 0 aliphatic heterocycles. The maximum absolute atomic E-state index is 12.8. The van der Waals surface area contributed by atoms with E-state index in [9.17, 15) is 9.18 Å². The van der Waals surface area contributed by atoms with E-state index in [-0.39, 0.29) is 23.6 Å². The molecule has 2 rings (SSSR count). The molecule has 0 radical (unpaired) electrons. The predicted molar refractivity (Wildman–Crippen MR) is 58.5 cm³/mol. The number of hydrogen-bond acceptors (Lipinski definition) is 2. The van der Waals surface area contributed by atoms with E-state index >= 15 is 0 Å². The second-order valence-electron chi connectivity index (χ2n) is 4.22. The summed E-state index contributed by atoms with van der Waals surface area (Å²) in [5.41, 5.74) is 1.04. The van der Waals surface area contributed by atoms with Crippen LogP contribution in [0.15, 0.2) is 24.3 Å². The molecule has 86 valence electrons. The topological polar surface area (TPSA) is 26.3 Å². The summed E-state index contributed by atoms with van der Waals surface area (Å²) in [4.78, 5) is 11.6. The van der Waals surface area contributed by atoms with Crippen molar-refractivity contribution < 1.29 is 13.9 Å². The minimum atomic E-state index is -0.239. The Bertz CT molecular complexity index is 372. The lowest BCUT2D eigenvalue weighted by Crippen LogP contribution is -2.18. The SMILES string of the molecule is COC(=O)C1CCCC1c1ccc(F)cc1. The number of halogens is 1. The number of rotatable bonds is 2. The van der Waals surface area contributed by atoms with E-state index in [1.165, 1.54) is 19.2 Å². The van der Waals surface area contributed by atoms with Crippen molar-refractivity contribution in [3.63, 3.8) is 0 Å². The van der Waals surface area contributed by atoms with Crippen molar-refractivity contribution in [3.05, 3.63) is 35.6 Å². The van der Waals surface area contributed by atoms with E-state index in [2.05, 4.69) is 0 Å². The molecule has 1 fully saturated rings. The molecule has 0 spiro atoms. The van der Waals surface area contributed by atoms with Gasteiger partial charge in [0.25, 0.3) is 0 Å². The van der Waals surface area contributed by atoms with Gasteiger partial charge in [-0.15, -0.1) is 0 Å². The van der Waals surface area contributed by atoms with Crippen molar-refractivity contribution in [2.75, 3.05) is 7.11 Å². The van der Waals surface area contributed by atoms with Gasteiger partial charge in [0.2, 0.25) is 0 Å². The van der Waals surface area contributed by atoms with Crippen LogP contribution in [0, 0.1) is 11.7 Å². The Morgan fingerprint density at radius 1 is 1.31 bits per heavy atom. The summed E-state index contributed by atoms with van der Waals surface area (Å²) in [6, 6.07) is 6.42. The molecule has 1 aliphatic carbocycles. The number of methoxy groups -OCH3 is 1. The second-order valence-corrected chi connectivity index (χ2v) is 4.22. The number of benzene rings is 1. The first kappa shape index (κ1) is 11.1. The molecule has 0 bridgehead atoms. The van der Waals surface area contributed by atoms with E-state index in [4.69, 9.17) is 4.74 Å². The Kier molecular flexibility index (Phi) is 3.22. The highest BCUT2D eigenvalue weighted by Gasteiger charge is 2.34. The summed E-state index contributed by atoms with van der Waals surface area (Å²) < 4.78 is 17.6. The fraction of sp³-hybridized carbons (Fsp3) is 0.462. The van der Waals surface area contributed by atoms with Crippen LogP contribution >= 0.6 is 0 Å². The standard InChI is InChI=1S/C13H15FO2/c1-16-13(15)12-4-2-3-11(12)9-5-7-10(14)8-6-9/h5-8,11-12H,2-4H2,1H3. The van der Waals surface area contributed by atoms with Crippen molar-refractivity contribution in [3.8, 4) is 0 Å². The van der Waals surface area contributed by atoms with Crippen molar-refractivity contribution >= 4 is 5.97 Å². The Morgan fingerprint density at radius 3 is 2.62 bits per heavy atom. The van der Waals surface area contributed by atoms with E-state index < -0.39 is 0 Å². The van der Waals surface area contributed by atoms with Gasteiger partial charge in [0.05, 0.1) is 13.0 Å². The number of ether oxygens (including phenoxy) is 1. The van der Waals surface area contributed by atoms with Gasteiger partial charge in [-0.05, 0) is 36.5 Å². The lowest BCUT2D eigenvalue weighted by atomic mass is 9.89. The molecule has 2 unspecified atom stereocenters. The van der Waals surface area contributed by atoms with E-state index in [0.29, 0.717) is 0 Å². The average Bonchev–Trinajstić information content (AvgIpc) is 2.78. The fourth-order valence-corrected chi connectivity index (χ4v) is 2.50. The monoisotopic (exact) mass is 222 g/mol. The number of carbonyl (C=O) groups excluding carboxylic acids is 1. The van der Waals surface area contributed by atoms with Gasteiger partial charge in [0.1, 0.15) is 5.82 Å². The largest absolute Gasteiger partial charge is 0.469 e. The van der Waals surface area contributed by atoms with Crippen LogP contribution in [0.3, 0.4) is 0 Å². The number of carbonyl (C=O) groups is 1. The lowest BCUT2D eigenvalue weighted by Gasteiger charge is -2.17. The fourth-order valence-electron chi connectivity index (χ4n) is 2.50. The molecule has 2 atom stereocenters. The minimum Gasteiger partial charge on any atom is -0.469 e. The van der Waals surface area contributed by atoms with Crippen molar-refractivity contribution in [1.82, 2.24) is 0 Å². The third-order valence-electron chi connectivity index (χ3n) is 3.32. The van der Waals surface area contributed by atoms with Crippen LogP contribution in [0.5, 0.6) is 0 Å². The molecular formula is C13H15FO2. The molecule has 16 heavy (non-hydrogen) atoms. The minimum absolute atomic E-state index is 0.0598. The molecule has 2 nitrogen and oxygen atoms in total. The van der Waals surface area contributed by atoms with Crippen molar-refractivity contribution in [1.29, 1.82) is 0 Å². The zero-order valence-corrected chi connectivity index (χ0v) is 9.28. The zero-order valence-electron chi connectivity index (χ0n) is 9.28. The Hall–Kier alpha value is -1.38. The van der Waals surface area contributed by atoms with Gasteiger partial charge in [-0.1, -0.05) is 18.6 Å². The van der Waals surface area contributed by atoms with Crippen LogP contribution in [0.1, 0.15) is 30.7 Å². The summed E-state index contributed by atoms with van der Waals surface area (Å²) in [6.45, 7) is 0. The number of hydrogen-bond donors (Lipinski definition) is 0. The summed E-state index contributed by atoms with van der Waals surface area (Å²) >= 11 is 0. The second kappa shape index (κ2) is 4.64. The smallest absolute Gasteiger partial charge is 0.309 e. The maximum Gasteiger partial charge on any atom is 0.309 e. The quantitative estimate of drug-likeness (QED) is 0.719. The average molecular weight is 222 g/mol. The normalized spacial score (nSPS) is 24.4. The predicted octanol–water partition coefficient (Wildman–Crippen LogP) is 2.88. The first-order chi connectivity index (χ1) is 7.72. The van der Waals surface area contributed by atoms with Crippen LogP contribution in [0.25, 0.3) is 0 Å². The van der Waals surface area contributed by atoms with Crippen LogP contribution < -0.4 is 0 Å². The third-order valence-corrected chi connectivity index (χ3v) is 3.32. The molecule has 0 amide bonds. The maximum atomic E-state index is 12.8. The Labute approximate surface area is 94.4 Å². The highest BCUT2D eigenvalue weighted by atomic mass is 19.1. The lowest BCUT2D eigenvalue weighted by molar-refractivity contribution is -0.145. The van der Waals surface area contributed by atoms with Crippen LogP contribution in [0.2, 0.25) is 0 Å². The van der Waals surface area contributed by atoms with Gasteiger partial charge in [-0.25, -0.2) is 4.39 Å². The summed E-state index contributed by atoms with van der Waals surface area (Å²) in [5.74, 6) is -0.258. The van der Waals surface area contributed by atoms with Crippen LogP contribution in [-0.4, -0.2) is 13.1 Å². The summed E-state index contributed by atoms with van der Waals surface area (Å²) in [5, 5.41) is 0. The molecule has 1 aromatic carbocycles. The highest BCUT2D eigenvalue weighted by molar-refractivity contribution is 5.74.